The summed E-state index contributed by atoms with van der Waals surface area (Å²) < 4.78 is 30.6. The van der Waals surface area contributed by atoms with Crippen molar-refractivity contribution < 1.29 is 28.2 Å². The van der Waals surface area contributed by atoms with Gasteiger partial charge in [0.15, 0.2) is 6.61 Å². The Kier molecular flexibility index (Phi) is 4.26. The maximum atomic E-state index is 12.2. The van der Waals surface area contributed by atoms with Crippen molar-refractivity contribution in [1.29, 1.82) is 0 Å². The minimum absolute atomic E-state index is 0.0919. The Labute approximate surface area is 116 Å². The number of aliphatic hydroxyl groups is 1. The standard InChI is InChI=1S/C12H15NO6S/c14-9-5-6-13(7-9)20(17,18)11-3-1-10(2-4-11)19-8-12(15)16/h1-4,9,14H,5-8H2,(H,15,16)/t9-/m1/s1. The number of sulfonamides is 1. The number of β-amino-alcohol motifs (C(OH)–C–C–N with tert-alkyl or cyclic N) is 1. The highest BCUT2D eigenvalue weighted by molar-refractivity contribution is 7.89. The van der Waals surface area contributed by atoms with Gasteiger partial charge in [0.05, 0.1) is 11.0 Å². The lowest BCUT2D eigenvalue weighted by atomic mass is 10.3. The van der Waals surface area contributed by atoms with Crippen molar-refractivity contribution in [1.82, 2.24) is 4.31 Å². The van der Waals surface area contributed by atoms with Crippen LogP contribution in [0.5, 0.6) is 5.75 Å². The van der Waals surface area contributed by atoms with Gasteiger partial charge in [-0.3, -0.25) is 0 Å². The molecule has 0 amide bonds. The van der Waals surface area contributed by atoms with Gasteiger partial charge in [-0.05, 0) is 30.7 Å². The minimum Gasteiger partial charge on any atom is -0.482 e. The average Bonchev–Trinajstić information content (AvgIpc) is 2.84. The number of carboxylic acid groups (broad SMARTS) is 1. The van der Waals surface area contributed by atoms with E-state index in [1.807, 2.05) is 0 Å². The van der Waals surface area contributed by atoms with Crippen molar-refractivity contribution in [2.75, 3.05) is 19.7 Å². The summed E-state index contributed by atoms with van der Waals surface area (Å²) in [7, 11) is -3.62. The van der Waals surface area contributed by atoms with Gasteiger partial charge in [-0.1, -0.05) is 0 Å². The highest BCUT2D eigenvalue weighted by Gasteiger charge is 2.31. The Morgan fingerprint density at radius 1 is 1.35 bits per heavy atom. The monoisotopic (exact) mass is 301 g/mol. The topological polar surface area (TPSA) is 104 Å². The molecule has 0 aliphatic carbocycles. The smallest absolute Gasteiger partial charge is 0.341 e. The van der Waals surface area contributed by atoms with Crippen molar-refractivity contribution in [2.24, 2.45) is 0 Å². The SMILES string of the molecule is O=C(O)COc1ccc(S(=O)(=O)N2CC[C@@H](O)C2)cc1. The van der Waals surface area contributed by atoms with Gasteiger partial charge in [-0.25, -0.2) is 13.2 Å². The summed E-state index contributed by atoms with van der Waals surface area (Å²) in [4.78, 5) is 10.4. The van der Waals surface area contributed by atoms with Gasteiger partial charge < -0.3 is 14.9 Å². The van der Waals surface area contributed by atoms with Crippen LogP contribution in [0.1, 0.15) is 6.42 Å². The molecule has 2 N–H and O–H groups in total. The van der Waals surface area contributed by atoms with Gasteiger partial charge >= 0.3 is 5.97 Å². The lowest BCUT2D eigenvalue weighted by Gasteiger charge is -2.15. The van der Waals surface area contributed by atoms with E-state index in [4.69, 9.17) is 9.84 Å². The van der Waals surface area contributed by atoms with Crippen LogP contribution in [0.3, 0.4) is 0 Å². The number of aliphatic hydroxyl groups excluding tert-OH is 1. The second-order valence-corrected chi connectivity index (χ2v) is 6.40. The third-order valence-electron chi connectivity index (χ3n) is 2.95. The number of rotatable bonds is 5. The Balaban J connectivity index is 2.11. The maximum absolute atomic E-state index is 12.2. The first-order valence-corrected chi connectivity index (χ1v) is 7.46. The number of nitrogens with zero attached hydrogens (tertiary/aromatic N) is 1. The second-order valence-electron chi connectivity index (χ2n) is 4.46. The number of carbonyl (C=O) groups is 1. The van der Waals surface area contributed by atoms with Crippen LogP contribution < -0.4 is 4.74 Å². The Bertz CT molecular complexity index is 582. The summed E-state index contributed by atoms with van der Waals surface area (Å²) in [5, 5.41) is 17.9. The molecular weight excluding hydrogens is 286 g/mol. The highest BCUT2D eigenvalue weighted by atomic mass is 32.2. The molecule has 7 nitrogen and oxygen atoms in total. The van der Waals surface area contributed by atoms with E-state index in [1.165, 1.54) is 28.6 Å². The fourth-order valence-electron chi connectivity index (χ4n) is 1.93. The first-order valence-electron chi connectivity index (χ1n) is 6.02. The summed E-state index contributed by atoms with van der Waals surface area (Å²) in [6.45, 7) is -0.0925. The fraction of sp³-hybridized carbons (Fsp3) is 0.417. The van der Waals surface area contributed by atoms with Crippen molar-refractivity contribution >= 4 is 16.0 Å². The van der Waals surface area contributed by atoms with E-state index in [2.05, 4.69) is 0 Å². The lowest BCUT2D eigenvalue weighted by molar-refractivity contribution is -0.139. The molecule has 110 valence electrons. The molecule has 1 aromatic rings. The fourth-order valence-corrected chi connectivity index (χ4v) is 3.42. The predicted octanol–water partition coefficient (Wildman–Crippen LogP) is -0.0947. The molecule has 1 atom stereocenters. The number of benzene rings is 1. The second kappa shape index (κ2) is 5.78. The first kappa shape index (κ1) is 14.8. The Hall–Kier alpha value is -1.64. The van der Waals surface area contributed by atoms with Gasteiger partial charge in [0.25, 0.3) is 0 Å². The third-order valence-corrected chi connectivity index (χ3v) is 4.83. The maximum Gasteiger partial charge on any atom is 0.341 e. The van der Waals surface area contributed by atoms with Gasteiger partial charge in [-0.15, -0.1) is 0 Å². The minimum atomic E-state index is -3.62. The Morgan fingerprint density at radius 2 is 2.00 bits per heavy atom. The number of hydrogen-bond donors (Lipinski definition) is 2. The summed E-state index contributed by atoms with van der Waals surface area (Å²) in [5.74, 6) is -0.819. The molecule has 0 bridgehead atoms. The van der Waals surface area contributed by atoms with E-state index >= 15 is 0 Å². The molecule has 1 saturated heterocycles. The van der Waals surface area contributed by atoms with Gasteiger partial charge in [-0.2, -0.15) is 4.31 Å². The normalized spacial score (nSPS) is 19.9. The third kappa shape index (κ3) is 3.27. The zero-order valence-electron chi connectivity index (χ0n) is 10.6. The molecule has 0 aromatic heterocycles. The molecule has 8 heteroatoms. The molecule has 1 aliphatic rings. The van der Waals surface area contributed by atoms with Gasteiger partial charge in [0.2, 0.25) is 10.0 Å². The van der Waals surface area contributed by atoms with Crippen LogP contribution >= 0.6 is 0 Å². The van der Waals surface area contributed by atoms with E-state index in [1.54, 1.807) is 0 Å². The van der Waals surface area contributed by atoms with Crippen LogP contribution in [0.15, 0.2) is 29.2 Å². The average molecular weight is 301 g/mol. The molecule has 2 rings (SSSR count). The van der Waals surface area contributed by atoms with Crippen molar-refractivity contribution in [3.8, 4) is 5.75 Å². The quantitative estimate of drug-likeness (QED) is 0.787. The molecule has 1 fully saturated rings. The molecule has 1 heterocycles. The highest BCUT2D eigenvalue weighted by Crippen LogP contribution is 2.23. The van der Waals surface area contributed by atoms with Crippen LogP contribution in [-0.2, 0) is 14.8 Å². The molecular formula is C12H15NO6S. The predicted molar refractivity (Wildman–Crippen MR) is 69.0 cm³/mol. The summed E-state index contributed by atoms with van der Waals surface area (Å²) in [6, 6.07) is 5.53. The molecule has 1 aliphatic heterocycles. The largest absolute Gasteiger partial charge is 0.482 e. The van der Waals surface area contributed by atoms with Gasteiger partial charge in [0, 0.05) is 13.1 Å². The molecule has 0 unspecified atom stereocenters. The van der Waals surface area contributed by atoms with E-state index in [9.17, 15) is 18.3 Å². The summed E-state index contributed by atoms with van der Waals surface area (Å²) in [6.07, 6.45) is -0.193. The molecule has 0 saturated carbocycles. The Morgan fingerprint density at radius 3 is 2.50 bits per heavy atom. The van der Waals surface area contributed by atoms with Crippen molar-refractivity contribution in [3.05, 3.63) is 24.3 Å². The first-order chi connectivity index (χ1) is 9.39. The van der Waals surface area contributed by atoms with Crippen LogP contribution in [0.2, 0.25) is 0 Å². The van der Waals surface area contributed by atoms with Crippen LogP contribution in [0.25, 0.3) is 0 Å². The lowest BCUT2D eigenvalue weighted by Crippen LogP contribution is -2.29. The summed E-state index contributed by atoms with van der Waals surface area (Å²) >= 11 is 0. The van der Waals surface area contributed by atoms with Crippen molar-refractivity contribution in [3.63, 3.8) is 0 Å². The molecule has 1 aromatic carbocycles. The van der Waals surface area contributed by atoms with Crippen LogP contribution in [0.4, 0.5) is 0 Å². The summed E-state index contributed by atoms with van der Waals surface area (Å²) in [5.41, 5.74) is 0. The molecule has 0 spiro atoms. The number of carboxylic acids is 1. The van der Waals surface area contributed by atoms with Crippen LogP contribution in [0, 0.1) is 0 Å². The van der Waals surface area contributed by atoms with Crippen LogP contribution in [-0.4, -0.2) is 54.7 Å². The molecule has 0 radical (unpaired) electrons. The van der Waals surface area contributed by atoms with E-state index in [0.29, 0.717) is 13.0 Å². The van der Waals surface area contributed by atoms with Gasteiger partial charge in [0.1, 0.15) is 5.75 Å². The number of aliphatic carboxylic acids is 1. The zero-order valence-corrected chi connectivity index (χ0v) is 11.4. The van der Waals surface area contributed by atoms with E-state index in [0.717, 1.165) is 0 Å². The van der Waals surface area contributed by atoms with E-state index in [-0.39, 0.29) is 17.2 Å². The van der Waals surface area contributed by atoms with E-state index < -0.39 is 28.7 Å². The number of hydrogen-bond acceptors (Lipinski definition) is 5. The number of ether oxygens (including phenoxy) is 1. The van der Waals surface area contributed by atoms with Crippen molar-refractivity contribution in [2.45, 2.75) is 17.4 Å². The zero-order chi connectivity index (χ0) is 14.8. The molecule has 20 heavy (non-hydrogen) atoms.